The molecule has 0 bridgehead atoms. The molecule has 0 saturated heterocycles. The van der Waals surface area contributed by atoms with Crippen molar-refractivity contribution in [3.63, 3.8) is 0 Å². The third-order valence-corrected chi connectivity index (χ3v) is 7.65. The average molecular weight is 448 g/mol. The van der Waals surface area contributed by atoms with Crippen molar-refractivity contribution in [1.29, 1.82) is 0 Å². The molecule has 9 nitrogen and oxygen atoms in total. The van der Waals surface area contributed by atoms with Gasteiger partial charge < -0.3 is 14.0 Å². The van der Waals surface area contributed by atoms with Crippen molar-refractivity contribution >= 4 is 38.0 Å². The number of nitrogens with zero attached hydrogens (tertiary/aromatic N) is 5. The summed E-state index contributed by atoms with van der Waals surface area (Å²) < 4.78 is 42.4. The van der Waals surface area contributed by atoms with Crippen LogP contribution in [0.25, 0.3) is 22.4 Å². The standard InChI is InChI=1S/C19H21N5O4S2/c1-22-11-20-19(21-22)16-10-14-6-4-7-15(18(14)23(16)12-27-2)24(13-28-3)30(25,26)17-8-5-9-29-17/h4-11H,12-13H2,1-3H3. The molecular weight excluding hydrogens is 426 g/mol. The zero-order chi connectivity index (χ0) is 21.3. The number of fused-ring (bicyclic) bond motifs is 1. The van der Waals surface area contributed by atoms with E-state index < -0.39 is 10.0 Å². The first kappa shape index (κ1) is 20.5. The van der Waals surface area contributed by atoms with Crippen LogP contribution in [0.3, 0.4) is 0 Å². The van der Waals surface area contributed by atoms with E-state index in [1.54, 1.807) is 48.7 Å². The zero-order valence-electron chi connectivity index (χ0n) is 16.7. The number of para-hydroxylation sites is 1. The molecule has 4 aromatic rings. The van der Waals surface area contributed by atoms with E-state index in [0.29, 0.717) is 17.0 Å². The molecule has 0 amide bonds. The predicted octanol–water partition coefficient (Wildman–Crippen LogP) is 2.90. The molecule has 0 radical (unpaired) electrons. The van der Waals surface area contributed by atoms with E-state index in [0.717, 1.165) is 22.4 Å². The summed E-state index contributed by atoms with van der Waals surface area (Å²) >= 11 is 1.16. The molecule has 0 aliphatic heterocycles. The van der Waals surface area contributed by atoms with E-state index in [1.165, 1.54) is 11.4 Å². The molecule has 0 unspecified atom stereocenters. The lowest BCUT2D eigenvalue weighted by molar-refractivity contribution is 0.136. The fraction of sp³-hybridized carbons (Fsp3) is 0.263. The zero-order valence-corrected chi connectivity index (χ0v) is 18.4. The first-order valence-corrected chi connectivity index (χ1v) is 11.3. The number of hydrogen-bond donors (Lipinski definition) is 0. The first-order chi connectivity index (χ1) is 14.5. The molecule has 0 saturated carbocycles. The van der Waals surface area contributed by atoms with Crippen LogP contribution in [0, 0.1) is 0 Å². The van der Waals surface area contributed by atoms with E-state index in [-0.39, 0.29) is 17.7 Å². The lowest BCUT2D eigenvalue weighted by Gasteiger charge is -2.24. The normalized spacial score (nSPS) is 12.0. The summed E-state index contributed by atoms with van der Waals surface area (Å²) in [6.45, 7) is 0.0721. The van der Waals surface area contributed by atoms with Crippen LogP contribution in [0.1, 0.15) is 0 Å². The van der Waals surface area contributed by atoms with Gasteiger partial charge in [-0.15, -0.1) is 16.4 Å². The van der Waals surface area contributed by atoms with Gasteiger partial charge >= 0.3 is 0 Å². The number of methoxy groups -OCH3 is 2. The number of thiophene rings is 1. The monoisotopic (exact) mass is 447 g/mol. The van der Waals surface area contributed by atoms with Crippen LogP contribution in [0.15, 0.2) is 52.3 Å². The third-order valence-electron chi connectivity index (χ3n) is 4.54. The number of aryl methyl sites for hydroxylation is 1. The van der Waals surface area contributed by atoms with Gasteiger partial charge in [-0.25, -0.2) is 17.7 Å². The van der Waals surface area contributed by atoms with Crippen molar-refractivity contribution in [3.05, 3.63) is 48.1 Å². The summed E-state index contributed by atoms with van der Waals surface area (Å²) in [5.74, 6) is 0.524. The SMILES string of the molecule is COCN(c1cccc2cc(-c3ncn(C)n3)n(COC)c12)S(=O)(=O)c1cccs1. The van der Waals surface area contributed by atoms with Crippen LogP contribution in [0.2, 0.25) is 0 Å². The summed E-state index contributed by atoms with van der Waals surface area (Å²) in [6.07, 6.45) is 1.61. The van der Waals surface area contributed by atoms with Crippen molar-refractivity contribution < 1.29 is 17.9 Å². The van der Waals surface area contributed by atoms with Crippen LogP contribution in [0.5, 0.6) is 0 Å². The van der Waals surface area contributed by atoms with E-state index in [1.807, 2.05) is 22.8 Å². The second-order valence-corrected chi connectivity index (χ2v) is 9.57. The summed E-state index contributed by atoms with van der Waals surface area (Å²) in [6, 6.07) is 10.7. The highest BCUT2D eigenvalue weighted by Gasteiger charge is 2.29. The molecule has 0 N–H and O–H groups in total. The molecular formula is C19H21N5O4S2. The summed E-state index contributed by atoms with van der Waals surface area (Å²) in [5.41, 5.74) is 1.91. The van der Waals surface area contributed by atoms with E-state index >= 15 is 0 Å². The van der Waals surface area contributed by atoms with Gasteiger partial charge in [-0.1, -0.05) is 18.2 Å². The molecule has 0 fully saturated rings. The highest BCUT2D eigenvalue weighted by atomic mass is 32.2. The molecule has 30 heavy (non-hydrogen) atoms. The lowest BCUT2D eigenvalue weighted by Crippen LogP contribution is -2.32. The number of benzene rings is 1. The van der Waals surface area contributed by atoms with Gasteiger partial charge in [0, 0.05) is 26.7 Å². The van der Waals surface area contributed by atoms with Crippen LogP contribution >= 0.6 is 11.3 Å². The maximum Gasteiger partial charge on any atom is 0.275 e. The van der Waals surface area contributed by atoms with Crippen molar-refractivity contribution in [2.45, 2.75) is 10.9 Å². The van der Waals surface area contributed by atoms with E-state index in [4.69, 9.17) is 9.47 Å². The van der Waals surface area contributed by atoms with Crippen LogP contribution in [-0.2, 0) is 33.3 Å². The number of hydrogen-bond acceptors (Lipinski definition) is 7. The number of sulfonamides is 1. The Balaban J connectivity index is 1.97. The summed E-state index contributed by atoms with van der Waals surface area (Å²) in [7, 11) is 1.03. The number of aromatic nitrogens is 4. The highest BCUT2D eigenvalue weighted by Crippen LogP contribution is 2.36. The molecule has 1 aromatic carbocycles. The average Bonchev–Trinajstić information content (AvgIpc) is 3.46. The van der Waals surface area contributed by atoms with Gasteiger partial charge in [-0.3, -0.25) is 4.68 Å². The quantitative estimate of drug-likeness (QED) is 0.386. The Morgan fingerprint density at radius 3 is 2.63 bits per heavy atom. The minimum Gasteiger partial charge on any atom is -0.364 e. The van der Waals surface area contributed by atoms with Crippen molar-refractivity contribution in [2.24, 2.45) is 7.05 Å². The fourth-order valence-electron chi connectivity index (χ4n) is 3.32. The highest BCUT2D eigenvalue weighted by molar-refractivity contribution is 7.94. The van der Waals surface area contributed by atoms with Gasteiger partial charge in [-0.2, -0.15) is 0 Å². The number of rotatable bonds is 8. The minimum atomic E-state index is -3.81. The Morgan fingerprint density at radius 2 is 2.00 bits per heavy atom. The van der Waals surface area contributed by atoms with Crippen molar-refractivity contribution in [3.8, 4) is 11.5 Å². The van der Waals surface area contributed by atoms with Gasteiger partial charge in [0.1, 0.15) is 24.0 Å². The fourth-order valence-corrected chi connectivity index (χ4v) is 5.81. The Hall–Kier alpha value is -2.73. The third kappa shape index (κ3) is 3.49. The minimum absolute atomic E-state index is 0.130. The molecule has 3 heterocycles. The first-order valence-electron chi connectivity index (χ1n) is 8.99. The Morgan fingerprint density at radius 1 is 1.17 bits per heavy atom. The van der Waals surface area contributed by atoms with Gasteiger partial charge in [0.2, 0.25) is 0 Å². The predicted molar refractivity (Wildman–Crippen MR) is 115 cm³/mol. The van der Waals surface area contributed by atoms with Gasteiger partial charge in [0.05, 0.1) is 16.9 Å². The second kappa shape index (κ2) is 8.19. The largest absolute Gasteiger partial charge is 0.364 e. The summed E-state index contributed by atoms with van der Waals surface area (Å²) in [4.78, 5) is 4.35. The van der Waals surface area contributed by atoms with Crippen molar-refractivity contribution in [2.75, 3.05) is 25.3 Å². The number of anilines is 1. The van der Waals surface area contributed by atoms with E-state index in [9.17, 15) is 8.42 Å². The van der Waals surface area contributed by atoms with E-state index in [2.05, 4.69) is 10.1 Å². The Bertz CT molecular complexity index is 1260. The van der Waals surface area contributed by atoms with Gasteiger partial charge in [0.25, 0.3) is 10.0 Å². The lowest BCUT2D eigenvalue weighted by atomic mass is 10.2. The van der Waals surface area contributed by atoms with Gasteiger partial charge in [-0.05, 0) is 23.6 Å². The summed E-state index contributed by atoms with van der Waals surface area (Å²) in [5, 5.41) is 6.97. The topological polar surface area (TPSA) is 91.5 Å². The smallest absolute Gasteiger partial charge is 0.275 e. The molecule has 11 heteroatoms. The van der Waals surface area contributed by atoms with Crippen LogP contribution < -0.4 is 4.31 Å². The molecule has 3 aromatic heterocycles. The Kier molecular flexibility index (Phi) is 5.60. The Labute approximate surface area is 178 Å². The van der Waals surface area contributed by atoms with Crippen LogP contribution in [0.4, 0.5) is 5.69 Å². The molecule has 158 valence electrons. The second-order valence-electron chi connectivity index (χ2n) is 6.54. The van der Waals surface area contributed by atoms with Gasteiger partial charge in [0.15, 0.2) is 5.82 Å². The molecule has 0 atom stereocenters. The number of ether oxygens (including phenoxy) is 2. The molecule has 0 spiro atoms. The van der Waals surface area contributed by atoms with Crippen molar-refractivity contribution in [1.82, 2.24) is 19.3 Å². The molecule has 4 rings (SSSR count). The molecule has 0 aliphatic carbocycles. The maximum absolute atomic E-state index is 13.4. The van der Waals surface area contributed by atoms with Crippen LogP contribution in [-0.4, -0.2) is 48.7 Å². The molecule has 0 aliphatic rings. The maximum atomic E-state index is 13.4.